The number of rotatable bonds is 4. The van der Waals surface area contributed by atoms with Crippen molar-refractivity contribution in [2.24, 2.45) is 5.41 Å². The second-order valence-corrected chi connectivity index (χ2v) is 8.15. The van der Waals surface area contributed by atoms with Crippen LogP contribution in [-0.2, 0) is 10.2 Å². The average Bonchev–Trinajstić information content (AvgIpc) is 2.54. The highest BCUT2D eigenvalue weighted by molar-refractivity contribution is 7.87. The van der Waals surface area contributed by atoms with E-state index in [1.165, 1.54) is 8.61 Å². The lowest BCUT2D eigenvalue weighted by Gasteiger charge is -2.34. The van der Waals surface area contributed by atoms with Gasteiger partial charge in [0.1, 0.15) is 0 Å². The van der Waals surface area contributed by atoms with Crippen LogP contribution >= 0.6 is 0 Å². The van der Waals surface area contributed by atoms with Gasteiger partial charge in [0.2, 0.25) is 0 Å². The molecule has 1 aliphatic heterocycles. The van der Waals surface area contributed by atoms with Crippen molar-refractivity contribution < 1.29 is 13.2 Å². The van der Waals surface area contributed by atoms with Crippen molar-refractivity contribution in [2.75, 3.05) is 33.2 Å². The second kappa shape index (κ2) is 6.28. The van der Waals surface area contributed by atoms with Gasteiger partial charge >= 0.3 is 6.03 Å². The van der Waals surface area contributed by atoms with Crippen molar-refractivity contribution in [3.05, 3.63) is 0 Å². The molecule has 7 nitrogen and oxygen atoms in total. The minimum Gasteiger partial charge on any atom is -0.338 e. The molecule has 2 N–H and O–H groups in total. The average molecular weight is 306 g/mol. The largest absolute Gasteiger partial charge is 0.338 e. The molecule has 1 atom stereocenters. The van der Waals surface area contributed by atoms with Gasteiger partial charge < -0.3 is 10.6 Å². The van der Waals surface area contributed by atoms with E-state index in [1.807, 2.05) is 27.7 Å². The minimum atomic E-state index is -3.37. The standard InChI is InChI=1S/C12H26N4O3S/c1-6-13-11(17)14-10(12(2,3)4)9-16-8-7-15(5)20(16,18)19/h10H,6-9H2,1-5H3,(H2,13,14,17). The monoisotopic (exact) mass is 306 g/mol. The van der Waals surface area contributed by atoms with E-state index >= 15 is 0 Å². The molecule has 0 saturated carbocycles. The summed E-state index contributed by atoms with van der Waals surface area (Å²) in [5.41, 5.74) is -0.234. The molecule has 0 bridgehead atoms. The first-order chi connectivity index (χ1) is 9.09. The molecular weight excluding hydrogens is 280 g/mol. The van der Waals surface area contributed by atoms with E-state index in [0.717, 1.165) is 0 Å². The highest BCUT2D eigenvalue weighted by Crippen LogP contribution is 2.23. The first-order valence-corrected chi connectivity index (χ1v) is 8.24. The topological polar surface area (TPSA) is 81.8 Å². The molecule has 8 heteroatoms. The maximum atomic E-state index is 12.1. The molecule has 0 aromatic carbocycles. The van der Waals surface area contributed by atoms with Gasteiger partial charge in [0.05, 0.1) is 0 Å². The molecule has 1 heterocycles. The third-order valence-corrected chi connectivity index (χ3v) is 5.41. The van der Waals surface area contributed by atoms with Crippen LogP contribution in [0, 0.1) is 5.41 Å². The third-order valence-electron chi connectivity index (χ3n) is 3.46. The molecular formula is C12H26N4O3S. The number of hydrogen-bond donors (Lipinski definition) is 2. The summed E-state index contributed by atoms with van der Waals surface area (Å²) >= 11 is 0. The van der Waals surface area contributed by atoms with Crippen LogP contribution < -0.4 is 10.6 Å². The van der Waals surface area contributed by atoms with Crippen LogP contribution in [-0.4, -0.2) is 62.3 Å². The molecule has 2 amide bonds. The lowest BCUT2D eigenvalue weighted by Crippen LogP contribution is -2.53. The van der Waals surface area contributed by atoms with Gasteiger partial charge in [0.15, 0.2) is 0 Å². The molecule has 20 heavy (non-hydrogen) atoms. The van der Waals surface area contributed by atoms with E-state index < -0.39 is 10.2 Å². The van der Waals surface area contributed by atoms with Crippen LogP contribution in [0.1, 0.15) is 27.7 Å². The fourth-order valence-corrected chi connectivity index (χ4v) is 3.33. The predicted molar refractivity (Wildman–Crippen MR) is 78.6 cm³/mol. The van der Waals surface area contributed by atoms with Crippen molar-refractivity contribution >= 4 is 16.2 Å². The molecule has 118 valence electrons. The van der Waals surface area contributed by atoms with Gasteiger partial charge in [-0.3, -0.25) is 0 Å². The Bertz CT molecular complexity index is 444. The van der Waals surface area contributed by atoms with E-state index in [4.69, 9.17) is 0 Å². The molecule has 1 aliphatic rings. The third kappa shape index (κ3) is 4.07. The smallest absolute Gasteiger partial charge is 0.315 e. The van der Waals surface area contributed by atoms with E-state index in [9.17, 15) is 13.2 Å². The Morgan fingerprint density at radius 2 is 1.90 bits per heavy atom. The molecule has 1 fully saturated rings. The molecule has 0 aromatic rings. The van der Waals surface area contributed by atoms with Crippen LogP contribution in [0.4, 0.5) is 4.79 Å². The number of carbonyl (C=O) groups excluding carboxylic acids is 1. The van der Waals surface area contributed by atoms with E-state index in [0.29, 0.717) is 19.6 Å². The van der Waals surface area contributed by atoms with Crippen LogP contribution in [0.3, 0.4) is 0 Å². The quantitative estimate of drug-likeness (QED) is 0.779. The van der Waals surface area contributed by atoms with Gasteiger partial charge in [-0.1, -0.05) is 20.8 Å². The maximum Gasteiger partial charge on any atom is 0.315 e. The van der Waals surface area contributed by atoms with Crippen molar-refractivity contribution in [1.82, 2.24) is 19.2 Å². The Hall–Kier alpha value is -0.860. The second-order valence-electron chi connectivity index (χ2n) is 6.11. The summed E-state index contributed by atoms with van der Waals surface area (Å²) in [5.74, 6) is 0. The Morgan fingerprint density at radius 3 is 2.30 bits per heavy atom. The van der Waals surface area contributed by atoms with Crippen LogP contribution in [0.15, 0.2) is 0 Å². The summed E-state index contributed by atoms with van der Waals surface area (Å²) in [4.78, 5) is 11.7. The van der Waals surface area contributed by atoms with Crippen LogP contribution in [0.25, 0.3) is 0 Å². The number of hydrogen-bond acceptors (Lipinski definition) is 3. The van der Waals surface area contributed by atoms with E-state index in [2.05, 4.69) is 10.6 Å². The Labute approximate surface area is 121 Å². The normalized spacial score (nSPS) is 21.6. The van der Waals surface area contributed by atoms with Crippen LogP contribution in [0.2, 0.25) is 0 Å². The van der Waals surface area contributed by atoms with Crippen molar-refractivity contribution in [1.29, 1.82) is 0 Å². The number of carbonyl (C=O) groups is 1. The summed E-state index contributed by atoms with van der Waals surface area (Å²) in [6.45, 7) is 9.55. The summed E-state index contributed by atoms with van der Waals surface area (Å²) in [6.07, 6.45) is 0. The summed E-state index contributed by atoms with van der Waals surface area (Å²) in [7, 11) is -1.81. The highest BCUT2D eigenvalue weighted by atomic mass is 32.2. The Morgan fingerprint density at radius 1 is 1.30 bits per heavy atom. The Balaban J connectivity index is 2.79. The minimum absolute atomic E-state index is 0.234. The number of nitrogens with zero attached hydrogens (tertiary/aromatic N) is 2. The number of likely N-dealkylation sites (N-methyl/N-ethyl adjacent to an activating group) is 1. The fraction of sp³-hybridized carbons (Fsp3) is 0.917. The lowest BCUT2D eigenvalue weighted by molar-refractivity contribution is 0.205. The predicted octanol–water partition coefficient (Wildman–Crippen LogP) is 0.212. The van der Waals surface area contributed by atoms with E-state index in [1.54, 1.807) is 7.05 Å². The number of nitrogens with one attached hydrogen (secondary N) is 2. The summed E-state index contributed by atoms with van der Waals surface area (Å²) in [5, 5.41) is 5.54. The van der Waals surface area contributed by atoms with Gasteiger partial charge in [0, 0.05) is 39.3 Å². The van der Waals surface area contributed by atoms with Gasteiger partial charge in [-0.15, -0.1) is 0 Å². The van der Waals surface area contributed by atoms with E-state index in [-0.39, 0.29) is 24.0 Å². The van der Waals surface area contributed by atoms with Gasteiger partial charge in [-0.2, -0.15) is 17.0 Å². The SMILES string of the molecule is CCNC(=O)NC(CN1CCN(C)S1(=O)=O)C(C)(C)C. The molecule has 1 saturated heterocycles. The zero-order valence-electron chi connectivity index (χ0n) is 12.9. The van der Waals surface area contributed by atoms with Crippen LogP contribution in [0.5, 0.6) is 0 Å². The molecule has 0 aliphatic carbocycles. The molecule has 0 spiro atoms. The highest BCUT2D eigenvalue weighted by Gasteiger charge is 2.38. The summed E-state index contributed by atoms with van der Waals surface area (Å²) < 4.78 is 26.9. The molecule has 0 radical (unpaired) electrons. The zero-order valence-corrected chi connectivity index (χ0v) is 13.7. The first kappa shape index (κ1) is 17.2. The van der Waals surface area contributed by atoms with Gasteiger partial charge in [-0.25, -0.2) is 4.79 Å². The lowest BCUT2D eigenvalue weighted by atomic mass is 9.86. The first-order valence-electron chi connectivity index (χ1n) is 6.84. The van der Waals surface area contributed by atoms with Gasteiger partial charge in [-0.05, 0) is 12.3 Å². The van der Waals surface area contributed by atoms with Gasteiger partial charge in [0.25, 0.3) is 10.2 Å². The molecule has 1 rings (SSSR count). The summed E-state index contributed by atoms with van der Waals surface area (Å²) in [6, 6.07) is -0.521. The van der Waals surface area contributed by atoms with Crippen molar-refractivity contribution in [3.63, 3.8) is 0 Å². The maximum absolute atomic E-state index is 12.1. The van der Waals surface area contributed by atoms with Crippen molar-refractivity contribution in [3.8, 4) is 0 Å². The Kier molecular flexibility index (Phi) is 5.39. The molecule has 0 aromatic heterocycles. The molecule has 1 unspecified atom stereocenters. The van der Waals surface area contributed by atoms with Crippen molar-refractivity contribution in [2.45, 2.75) is 33.7 Å². The zero-order chi connectivity index (χ0) is 15.6. The number of urea groups is 1. The number of amides is 2. The fourth-order valence-electron chi connectivity index (χ4n) is 1.98.